The number of nitrogens with zero attached hydrogens (tertiary/aromatic N) is 3. The van der Waals surface area contributed by atoms with E-state index < -0.39 is 6.10 Å². The first-order chi connectivity index (χ1) is 10.8. The van der Waals surface area contributed by atoms with E-state index in [4.69, 9.17) is 4.74 Å². The van der Waals surface area contributed by atoms with Gasteiger partial charge in [0.25, 0.3) is 5.91 Å². The van der Waals surface area contributed by atoms with Crippen molar-refractivity contribution in [2.75, 3.05) is 24.6 Å². The minimum absolute atomic E-state index is 0.0948. The number of hydrogen-bond donors (Lipinski definition) is 1. The number of hydrogen-bond acceptors (Lipinski definition) is 5. The lowest BCUT2D eigenvalue weighted by Gasteiger charge is -2.33. The number of pyridine rings is 2. The molecule has 1 aliphatic heterocycles. The summed E-state index contributed by atoms with van der Waals surface area (Å²) in [6.45, 7) is 2.31. The quantitative estimate of drug-likeness (QED) is 0.912. The fourth-order valence-electron chi connectivity index (χ4n) is 2.40. The van der Waals surface area contributed by atoms with Crippen LogP contribution in [0.3, 0.4) is 0 Å². The highest BCUT2D eigenvalue weighted by Crippen LogP contribution is 2.16. The van der Waals surface area contributed by atoms with Gasteiger partial charge >= 0.3 is 0 Å². The number of morpholine rings is 1. The van der Waals surface area contributed by atoms with Gasteiger partial charge in [-0.3, -0.25) is 14.8 Å². The Bertz CT molecular complexity index is 606. The maximum atomic E-state index is 12.3. The topological polar surface area (TPSA) is 67.4 Å². The standard InChI is InChI=1S/C16H18N4O2/c21-16(19-11-13-2-1-5-18-10-13)15-12-20(8-9-22-15)14-3-6-17-7-4-14/h1-7,10,15H,8-9,11-12H2,(H,19,21). The second kappa shape index (κ2) is 7.00. The number of carbonyl (C=O) groups is 1. The molecular formula is C16H18N4O2. The monoisotopic (exact) mass is 298 g/mol. The molecule has 0 bridgehead atoms. The van der Waals surface area contributed by atoms with Gasteiger partial charge in [0.2, 0.25) is 0 Å². The fraction of sp³-hybridized carbons (Fsp3) is 0.312. The summed E-state index contributed by atoms with van der Waals surface area (Å²) in [4.78, 5) is 22.4. The van der Waals surface area contributed by atoms with Gasteiger partial charge < -0.3 is 15.0 Å². The molecule has 1 atom stereocenters. The van der Waals surface area contributed by atoms with Crippen LogP contribution in [-0.4, -0.2) is 41.7 Å². The summed E-state index contributed by atoms with van der Waals surface area (Å²) in [5.41, 5.74) is 2.03. The zero-order valence-electron chi connectivity index (χ0n) is 12.2. The predicted octanol–water partition coefficient (Wildman–Crippen LogP) is 0.998. The molecule has 22 heavy (non-hydrogen) atoms. The van der Waals surface area contributed by atoms with Crippen LogP contribution in [0.1, 0.15) is 5.56 Å². The first-order valence-corrected chi connectivity index (χ1v) is 7.26. The van der Waals surface area contributed by atoms with Crippen LogP contribution in [-0.2, 0) is 16.1 Å². The van der Waals surface area contributed by atoms with Crippen LogP contribution in [0, 0.1) is 0 Å². The third-order valence-electron chi connectivity index (χ3n) is 3.58. The highest BCUT2D eigenvalue weighted by molar-refractivity contribution is 5.81. The van der Waals surface area contributed by atoms with Crippen molar-refractivity contribution in [3.8, 4) is 0 Å². The molecule has 1 aliphatic rings. The molecule has 3 rings (SSSR count). The molecule has 114 valence electrons. The average molecular weight is 298 g/mol. The molecule has 1 fully saturated rings. The van der Waals surface area contributed by atoms with Gasteiger partial charge in [0.15, 0.2) is 6.10 Å². The largest absolute Gasteiger partial charge is 0.366 e. The number of nitrogens with one attached hydrogen (secondary N) is 1. The van der Waals surface area contributed by atoms with Crippen LogP contribution < -0.4 is 10.2 Å². The fourth-order valence-corrected chi connectivity index (χ4v) is 2.40. The molecule has 6 nitrogen and oxygen atoms in total. The molecule has 0 radical (unpaired) electrons. The summed E-state index contributed by atoms with van der Waals surface area (Å²) in [6.07, 6.45) is 6.50. The summed E-state index contributed by atoms with van der Waals surface area (Å²) in [5.74, 6) is -0.0948. The molecule has 0 aromatic carbocycles. The molecule has 2 aromatic heterocycles. The summed E-state index contributed by atoms with van der Waals surface area (Å²) < 4.78 is 5.59. The molecule has 1 amide bonds. The Labute approximate surface area is 129 Å². The van der Waals surface area contributed by atoms with Gasteiger partial charge in [-0.25, -0.2) is 0 Å². The van der Waals surface area contributed by atoms with Gasteiger partial charge in [-0.05, 0) is 23.8 Å². The Balaban J connectivity index is 1.56. The highest BCUT2D eigenvalue weighted by Gasteiger charge is 2.26. The Morgan fingerprint density at radius 3 is 2.91 bits per heavy atom. The minimum Gasteiger partial charge on any atom is -0.366 e. The van der Waals surface area contributed by atoms with Gasteiger partial charge in [-0.15, -0.1) is 0 Å². The molecule has 0 saturated carbocycles. The van der Waals surface area contributed by atoms with Gasteiger partial charge in [0.05, 0.1) is 13.2 Å². The van der Waals surface area contributed by atoms with E-state index in [1.165, 1.54) is 0 Å². The van der Waals surface area contributed by atoms with Crippen molar-refractivity contribution in [2.45, 2.75) is 12.6 Å². The molecule has 6 heteroatoms. The van der Waals surface area contributed by atoms with Crippen molar-refractivity contribution in [1.29, 1.82) is 0 Å². The first kappa shape index (κ1) is 14.5. The predicted molar refractivity (Wildman–Crippen MR) is 82.3 cm³/mol. The van der Waals surface area contributed by atoms with Gasteiger partial charge in [0.1, 0.15) is 0 Å². The van der Waals surface area contributed by atoms with Crippen molar-refractivity contribution in [3.05, 3.63) is 54.6 Å². The molecule has 0 spiro atoms. The SMILES string of the molecule is O=C(NCc1cccnc1)C1CN(c2ccncc2)CCO1. The van der Waals surface area contributed by atoms with E-state index >= 15 is 0 Å². The minimum atomic E-state index is -0.460. The number of aromatic nitrogens is 2. The number of anilines is 1. The highest BCUT2D eigenvalue weighted by atomic mass is 16.5. The molecular weight excluding hydrogens is 280 g/mol. The molecule has 1 N–H and O–H groups in total. The van der Waals surface area contributed by atoms with Crippen LogP contribution in [0.15, 0.2) is 49.1 Å². The van der Waals surface area contributed by atoms with Gasteiger partial charge in [-0.2, -0.15) is 0 Å². The van der Waals surface area contributed by atoms with E-state index in [0.717, 1.165) is 17.8 Å². The van der Waals surface area contributed by atoms with Crippen molar-refractivity contribution in [2.24, 2.45) is 0 Å². The van der Waals surface area contributed by atoms with E-state index in [9.17, 15) is 4.79 Å². The zero-order valence-corrected chi connectivity index (χ0v) is 12.2. The number of ether oxygens (including phenoxy) is 1. The summed E-state index contributed by atoms with van der Waals surface area (Å²) >= 11 is 0. The summed E-state index contributed by atoms with van der Waals surface area (Å²) in [7, 11) is 0. The molecule has 2 aromatic rings. The smallest absolute Gasteiger partial charge is 0.251 e. The summed E-state index contributed by atoms with van der Waals surface area (Å²) in [6, 6.07) is 7.66. The Morgan fingerprint density at radius 2 is 2.14 bits per heavy atom. The third kappa shape index (κ3) is 3.59. The van der Waals surface area contributed by atoms with Crippen LogP contribution in [0.2, 0.25) is 0 Å². The lowest BCUT2D eigenvalue weighted by atomic mass is 10.2. The van der Waals surface area contributed by atoms with Crippen LogP contribution in [0.5, 0.6) is 0 Å². The second-order valence-corrected chi connectivity index (χ2v) is 5.09. The van der Waals surface area contributed by atoms with Crippen molar-refractivity contribution in [1.82, 2.24) is 15.3 Å². The third-order valence-corrected chi connectivity index (χ3v) is 3.58. The lowest BCUT2D eigenvalue weighted by molar-refractivity contribution is -0.133. The number of amides is 1. The molecule has 1 unspecified atom stereocenters. The molecule has 0 aliphatic carbocycles. The Morgan fingerprint density at radius 1 is 1.27 bits per heavy atom. The maximum absolute atomic E-state index is 12.3. The van der Waals surface area contributed by atoms with Crippen LogP contribution in [0.25, 0.3) is 0 Å². The van der Waals surface area contributed by atoms with E-state index in [1.807, 2.05) is 24.3 Å². The van der Waals surface area contributed by atoms with Crippen molar-refractivity contribution in [3.63, 3.8) is 0 Å². The van der Waals surface area contributed by atoms with Gasteiger partial charge in [-0.1, -0.05) is 6.07 Å². The first-order valence-electron chi connectivity index (χ1n) is 7.26. The normalized spacial score (nSPS) is 18.0. The zero-order chi connectivity index (χ0) is 15.2. The van der Waals surface area contributed by atoms with E-state index in [1.54, 1.807) is 24.8 Å². The maximum Gasteiger partial charge on any atom is 0.251 e. The lowest BCUT2D eigenvalue weighted by Crippen LogP contribution is -2.49. The van der Waals surface area contributed by atoms with Crippen molar-refractivity contribution >= 4 is 11.6 Å². The second-order valence-electron chi connectivity index (χ2n) is 5.09. The van der Waals surface area contributed by atoms with Crippen LogP contribution in [0.4, 0.5) is 5.69 Å². The average Bonchev–Trinajstić information content (AvgIpc) is 2.61. The molecule has 3 heterocycles. The Kier molecular flexibility index (Phi) is 4.60. The van der Waals surface area contributed by atoms with Gasteiger partial charge in [0, 0.05) is 43.6 Å². The molecule has 1 saturated heterocycles. The Hall–Kier alpha value is -2.47. The summed E-state index contributed by atoms with van der Waals surface area (Å²) in [5, 5.41) is 2.90. The van der Waals surface area contributed by atoms with E-state index in [0.29, 0.717) is 19.7 Å². The van der Waals surface area contributed by atoms with Crippen LogP contribution >= 0.6 is 0 Å². The number of rotatable bonds is 4. The van der Waals surface area contributed by atoms with E-state index in [2.05, 4.69) is 20.2 Å². The number of carbonyl (C=O) groups excluding carboxylic acids is 1. The van der Waals surface area contributed by atoms with Crippen molar-refractivity contribution < 1.29 is 9.53 Å². The van der Waals surface area contributed by atoms with E-state index in [-0.39, 0.29) is 5.91 Å².